The average Bonchev–Trinajstić information content (AvgIpc) is 2.53. The predicted octanol–water partition coefficient (Wildman–Crippen LogP) is -0.149. The molecule has 10 nitrogen and oxygen atoms in total. The molecule has 0 rings (SSSR count). The van der Waals surface area contributed by atoms with Gasteiger partial charge in [-0.3, -0.25) is 24.0 Å². The van der Waals surface area contributed by atoms with Crippen molar-refractivity contribution in [2.24, 2.45) is 0 Å². The summed E-state index contributed by atoms with van der Waals surface area (Å²) in [6, 6.07) is 0. The van der Waals surface area contributed by atoms with Crippen molar-refractivity contribution in [3.05, 3.63) is 12.7 Å². The van der Waals surface area contributed by atoms with Crippen molar-refractivity contribution in [1.29, 1.82) is 0 Å². The minimum Gasteiger partial charge on any atom is -0.456 e. The van der Waals surface area contributed by atoms with Crippen LogP contribution in [-0.4, -0.2) is 65.8 Å². The molecule has 1 N–H and O–H groups in total. The normalized spacial score (nSPS) is 14.7. The second-order valence-electron chi connectivity index (χ2n) is 5.47. The lowest BCUT2D eigenvalue weighted by Crippen LogP contribution is -2.54. The number of carbonyl (C=O) groups is 5. The molecule has 10 heteroatoms. The van der Waals surface area contributed by atoms with E-state index in [1.165, 1.54) is 6.08 Å². The van der Waals surface area contributed by atoms with E-state index in [2.05, 4.69) is 6.58 Å². The first kappa shape index (κ1) is 24.2. The van der Waals surface area contributed by atoms with Crippen molar-refractivity contribution in [3.63, 3.8) is 0 Å². The Morgan fingerprint density at radius 2 is 1.26 bits per heavy atom. The van der Waals surface area contributed by atoms with Gasteiger partial charge >= 0.3 is 23.9 Å². The number of carbonyl (C=O) groups excluding carboxylic acids is 5. The molecule has 0 saturated carbocycles. The van der Waals surface area contributed by atoms with Crippen LogP contribution in [0.15, 0.2) is 12.7 Å². The van der Waals surface area contributed by atoms with E-state index in [-0.39, 0.29) is 6.42 Å². The van der Waals surface area contributed by atoms with Crippen molar-refractivity contribution in [3.8, 4) is 0 Å². The molecule has 0 aliphatic heterocycles. The molecule has 152 valence electrons. The third-order valence-electron chi connectivity index (χ3n) is 3.05. The van der Waals surface area contributed by atoms with Crippen LogP contribution in [0.3, 0.4) is 0 Å². The third-order valence-corrected chi connectivity index (χ3v) is 3.05. The van der Waals surface area contributed by atoms with Gasteiger partial charge in [0.15, 0.2) is 24.1 Å². The lowest BCUT2D eigenvalue weighted by molar-refractivity contribution is -0.201. The van der Waals surface area contributed by atoms with Gasteiger partial charge in [-0.05, 0) is 0 Å². The summed E-state index contributed by atoms with van der Waals surface area (Å²) >= 11 is 0. The molecule has 0 aliphatic carbocycles. The van der Waals surface area contributed by atoms with Crippen LogP contribution in [0, 0.1) is 0 Å². The maximum absolute atomic E-state index is 12.4. The van der Waals surface area contributed by atoms with Crippen LogP contribution in [0.1, 0.15) is 34.1 Å². The number of aliphatic hydroxyl groups excluding tert-OH is 1. The summed E-state index contributed by atoms with van der Waals surface area (Å²) in [5.41, 5.74) is 0. The summed E-state index contributed by atoms with van der Waals surface area (Å²) < 4.78 is 19.9. The van der Waals surface area contributed by atoms with Gasteiger partial charge in [-0.25, -0.2) is 0 Å². The second-order valence-corrected chi connectivity index (χ2v) is 5.47. The van der Waals surface area contributed by atoms with Crippen LogP contribution in [0.2, 0.25) is 0 Å². The van der Waals surface area contributed by atoms with Crippen LogP contribution < -0.4 is 0 Å². The van der Waals surface area contributed by atoms with E-state index in [9.17, 15) is 29.1 Å². The Balaban J connectivity index is 6.17. The van der Waals surface area contributed by atoms with Gasteiger partial charge in [0, 0.05) is 34.1 Å². The molecule has 0 unspecified atom stereocenters. The van der Waals surface area contributed by atoms with Crippen molar-refractivity contribution < 1.29 is 48.0 Å². The van der Waals surface area contributed by atoms with Gasteiger partial charge in [-0.1, -0.05) is 6.08 Å². The number of esters is 4. The third kappa shape index (κ3) is 8.95. The zero-order chi connectivity index (χ0) is 21.1. The molecule has 0 amide bonds. The van der Waals surface area contributed by atoms with Crippen LogP contribution in [0.25, 0.3) is 0 Å². The van der Waals surface area contributed by atoms with Gasteiger partial charge in [0.25, 0.3) is 0 Å². The highest BCUT2D eigenvalue weighted by Gasteiger charge is 2.45. The molecular weight excluding hydrogens is 364 g/mol. The van der Waals surface area contributed by atoms with Crippen molar-refractivity contribution >= 4 is 29.7 Å². The molecule has 0 spiro atoms. The summed E-state index contributed by atoms with van der Waals surface area (Å²) in [6.07, 6.45) is -5.46. The second kappa shape index (κ2) is 11.8. The fourth-order valence-corrected chi connectivity index (χ4v) is 2.21. The van der Waals surface area contributed by atoms with Crippen molar-refractivity contribution in [2.75, 3.05) is 6.61 Å². The Labute approximate surface area is 156 Å². The van der Waals surface area contributed by atoms with Crippen LogP contribution in [-0.2, 0) is 42.9 Å². The number of allylic oxidation sites excluding steroid dienone is 1. The molecule has 0 radical (unpaired) electrons. The summed E-state index contributed by atoms with van der Waals surface area (Å²) in [7, 11) is 0. The minimum atomic E-state index is -1.68. The Hall–Kier alpha value is -2.75. The van der Waals surface area contributed by atoms with Gasteiger partial charge < -0.3 is 24.1 Å². The minimum absolute atomic E-state index is 0.250. The molecule has 0 aromatic heterocycles. The summed E-state index contributed by atoms with van der Waals surface area (Å²) in [5.74, 6) is -4.16. The quantitative estimate of drug-likeness (QED) is 0.288. The molecule has 0 aromatic carbocycles. The van der Waals surface area contributed by atoms with Crippen LogP contribution >= 0.6 is 0 Å². The van der Waals surface area contributed by atoms with Crippen molar-refractivity contribution in [2.45, 2.75) is 58.5 Å². The van der Waals surface area contributed by atoms with Gasteiger partial charge in [-0.2, -0.15) is 0 Å². The molecule has 0 aliphatic rings. The lowest BCUT2D eigenvalue weighted by atomic mass is 9.97. The number of ketones is 1. The van der Waals surface area contributed by atoms with E-state index in [0.29, 0.717) is 0 Å². The van der Waals surface area contributed by atoms with E-state index in [1.54, 1.807) is 0 Å². The zero-order valence-corrected chi connectivity index (χ0v) is 15.6. The molecule has 27 heavy (non-hydrogen) atoms. The number of ether oxygens (including phenoxy) is 4. The largest absolute Gasteiger partial charge is 0.456 e. The van der Waals surface area contributed by atoms with Gasteiger partial charge in [0.05, 0.1) is 6.61 Å². The number of hydrogen-bond acceptors (Lipinski definition) is 10. The maximum Gasteiger partial charge on any atom is 0.303 e. The highest BCUT2D eigenvalue weighted by Crippen LogP contribution is 2.21. The van der Waals surface area contributed by atoms with E-state index < -0.39 is 60.7 Å². The van der Waals surface area contributed by atoms with Crippen molar-refractivity contribution in [1.82, 2.24) is 0 Å². The van der Waals surface area contributed by atoms with Crippen LogP contribution in [0.5, 0.6) is 0 Å². The van der Waals surface area contributed by atoms with Gasteiger partial charge in [0.2, 0.25) is 6.10 Å². The van der Waals surface area contributed by atoms with E-state index in [0.717, 1.165) is 27.7 Å². The topological polar surface area (TPSA) is 143 Å². The number of Topliss-reactive ketones (excluding diaryl/α,β-unsaturated/α-hetero) is 1. The lowest BCUT2D eigenvalue weighted by Gasteiger charge is -2.34. The van der Waals surface area contributed by atoms with E-state index >= 15 is 0 Å². The zero-order valence-electron chi connectivity index (χ0n) is 15.6. The number of aliphatic hydroxyl groups is 1. The number of rotatable bonds is 11. The van der Waals surface area contributed by atoms with E-state index in [4.69, 9.17) is 18.9 Å². The fourth-order valence-electron chi connectivity index (χ4n) is 2.21. The standard InChI is InChI=1S/C17H24O10/c1-6-7-13(23)15(25-10(3)20)17(27-12(5)22)16(26-11(4)21)14(8-18)24-9(2)19/h6,14-18H,1,7-8H2,2-5H3/t14-,15+,16+,17-/m1/s1. The summed E-state index contributed by atoms with van der Waals surface area (Å²) in [4.78, 5) is 58.1. The molecule has 0 fully saturated rings. The Morgan fingerprint density at radius 3 is 1.63 bits per heavy atom. The number of hydrogen-bond donors (Lipinski definition) is 1. The molecule has 0 bridgehead atoms. The monoisotopic (exact) mass is 388 g/mol. The smallest absolute Gasteiger partial charge is 0.303 e. The molecule has 0 heterocycles. The molecule has 0 saturated heterocycles. The Bertz CT molecular complexity index is 582. The summed E-state index contributed by atoms with van der Waals surface area (Å²) in [6.45, 7) is 6.68. The highest BCUT2D eigenvalue weighted by atomic mass is 16.6. The average molecular weight is 388 g/mol. The molecule has 4 atom stereocenters. The highest BCUT2D eigenvalue weighted by molar-refractivity contribution is 5.87. The maximum atomic E-state index is 12.4. The summed E-state index contributed by atoms with van der Waals surface area (Å²) in [5, 5.41) is 9.53. The Kier molecular flexibility index (Phi) is 10.6. The van der Waals surface area contributed by atoms with Crippen LogP contribution in [0.4, 0.5) is 0 Å². The Morgan fingerprint density at radius 1 is 0.815 bits per heavy atom. The fraction of sp³-hybridized carbons (Fsp3) is 0.588. The van der Waals surface area contributed by atoms with Gasteiger partial charge in [-0.15, -0.1) is 6.58 Å². The van der Waals surface area contributed by atoms with Gasteiger partial charge in [0.1, 0.15) is 0 Å². The first-order valence-corrected chi connectivity index (χ1v) is 7.96. The molecular formula is C17H24O10. The SMILES string of the molecule is C=CCC(=O)[C@H](OC(C)=O)[C@@H](OC(C)=O)[C@@H](OC(C)=O)[C@@H](CO)OC(C)=O. The van der Waals surface area contributed by atoms with E-state index in [1.807, 2.05) is 0 Å². The molecule has 0 aromatic rings. The first-order valence-electron chi connectivity index (χ1n) is 7.96. The first-order chi connectivity index (χ1) is 12.5. The predicted molar refractivity (Wildman–Crippen MR) is 89.1 cm³/mol.